The van der Waals surface area contributed by atoms with Gasteiger partial charge in [0.15, 0.2) is 0 Å². The lowest BCUT2D eigenvalue weighted by Crippen LogP contribution is -2.22. The molecule has 1 aromatic rings. The number of hydrogen-bond donors (Lipinski definition) is 1. The quantitative estimate of drug-likeness (QED) is 0.751. The molecule has 0 aliphatic heterocycles. The van der Waals surface area contributed by atoms with Crippen molar-refractivity contribution in [3.8, 4) is 0 Å². The van der Waals surface area contributed by atoms with Crippen LogP contribution < -0.4 is 5.90 Å². The molecule has 1 rings (SSSR count). The summed E-state index contributed by atoms with van der Waals surface area (Å²) >= 11 is 0. The van der Waals surface area contributed by atoms with Crippen molar-refractivity contribution in [3.63, 3.8) is 0 Å². The van der Waals surface area contributed by atoms with E-state index in [0.29, 0.717) is 6.61 Å². The second-order valence-electron chi connectivity index (χ2n) is 4.04. The molecule has 0 amide bonds. The normalized spacial score (nSPS) is 13.3. The average molecular weight is 195 g/mol. The molecule has 0 fully saturated rings. The molecule has 78 valence electrons. The molecule has 14 heavy (non-hydrogen) atoms. The van der Waals surface area contributed by atoms with Crippen molar-refractivity contribution < 1.29 is 9.25 Å². The van der Waals surface area contributed by atoms with Crippen molar-refractivity contribution >= 4 is 6.08 Å². The third kappa shape index (κ3) is 2.72. The molecule has 2 N–H and O–H groups in total. The zero-order valence-corrected chi connectivity index (χ0v) is 8.91. The molecule has 0 aliphatic rings. The molecular weight excluding hydrogens is 178 g/mol. The Morgan fingerprint density at radius 3 is 2.86 bits per heavy atom. The minimum absolute atomic E-state index is 0.0679. The summed E-state index contributed by atoms with van der Waals surface area (Å²) in [7, 11) is 0. The number of furan rings is 1. The minimum atomic E-state index is -0.0679. The predicted molar refractivity (Wildman–Crippen MR) is 56.3 cm³/mol. The maximum absolute atomic E-state index is 5.23. The fourth-order valence-electron chi connectivity index (χ4n) is 1.10. The summed E-state index contributed by atoms with van der Waals surface area (Å²) in [5.74, 6) is 5.93. The van der Waals surface area contributed by atoms with E-state index in [1.807, 2.05) is 25.1 Å². The van der Waals surface area contributed by atoms with Crippen LogP contribution in [0.5, 0.6) is 0 Å². The van der Waals surface area contributed by atoms with E-state index in [9.17, 15) is 0 Å². The molecule has 3 nitrogen and oxygen atoms in total. The molecule has 0 bridgehead atoms. The van der Waals surface area contributed by atoms with E-state index in [2.05, 4.69) is 18.7 Å². The maximum atomic E-state index is 5.23. The Morgan fingerprint density at radius 2 is 2.36 bits per heavy atom. The highest BCUT2D eigenvalue weighted by Crippen LogP contribution is 2.27. The van der Waals surface area contributed by atoms with E-state index in [4.69, 9.17) is 10.3 Å². The van der Waals surface area contributed by atoms with E-state index in [1.165, 1.54) is 5.57 Å². The zero-order chi connectivity index (χ0) is 10.6. The van der Waals surface area contributed by atoms with Gasteiger partial charge in [-0.1, -0.05) is 19.4 Å². The fourth-order valence-corrected chi connectivity index (χ4v) is 1.10. The Kier molecular flexibility index (Phi) is 3.49. The molecule has 0 unspecified atom stereocenters. The summed E-state index contributed by atoms with van der Waals surface area (Å²) in [5, 5.41) is 0. The third-order valence-corrected chi connectivity index (χ3v) is 2.41. The SMILES string of the molecule is C/C(=C\c1ccco1)C(C)(C)CON. The molecule has 0 spiro atoms. The van der Waals surface area contributed by atoms with Crippen LogP contribution in [0.4, 0.5) is 0 Å². The fraction of sp³-hybridized carbons (Fsp3) is 0.455. The van der Waals surface area contributed by atoms with Gasteiger partial charge in [0.25, 0.3) is 0 Å². The van der Waals surface area contributed by atoms with Crippen molar-refractivity contribution in [2.45, 2.75) is 20.8 Å². The summed E-state index contributed by atoms with van der Waals surface area (Å²) in [4.78, 5) is 4.68. The Bertz CT molecular complexity index is 299. The smallest absolute Gasteiger partial charge is 0.126 e. The minimum Gasteiger partial charge on any atom is -0.465 e. The van der Waals surface area contributed by atoms with Gasteiger partial charge in [0.1, 0.15) is 5.76 Å². The van der Waals surface area contributed by atoms with Gasteiger partial charge in [-0.15, -0.1) is 0 Å². The molecule has 0 aromatic carbocycles. The summed E-state index contributed by atoms with van der Waals surface area (Å²) in [6.07, 6.45) is 3.66. The van der Waals surface area contributed by atoms with Crippen LogP contribution in [0.2, 0.25) is 0 Å². The molecule has 0 radical (unpaired) electrons. The summed E-state index contributed by atoms with van der Waals surface area (Å²) in [6.45, 7) is 6.70. The molecule has 1 aromatic heterocycles. The molecule has 0 aliphatic carbocycles. The molecular formula is C11H17NO2. The van der Waals surface area contributed by atoms with E-state index in [-0.39, 0.29) is 5.41 Å². The van der Waals surface area contributed by atoms with E-state index < -0.39 is 0 Å². The van der Waals surface area contributed by atoms with Gasteiger partial charge in [0, 0.05) is 5.41 Å². The van der Waals surface area contributed by atoms with Crippen molar-refractivity contribution in [1.82, 2.24) is 0 Å². The molecule has 3 heteroatoms. The first kappa shape index (κ1) is 11.0. The van der Waals surface area contributed by atoms with Crippen molar-refractivity contribution in [2.24, 2.45) is 11.3 Å². The first-order chi connectivity index (χ1) is 6.56. The summed E-state index contributed by atoms with van der Waals surface area (Å²) in [5.41, 5.74) is 1.11. The van der Waals surface area contributed by atoms with Gasteiger partial charge in [0.05, 0.1) is 12.9 Å². The summed E-state index contributed by atoms with van der Waals surface area (Å²) in [6, 6.07) is 3.79. The lowest BCUT2D eigenvalue weighted by molar-refractivity contribution is 0.0802. The van der Waals surface area contributed by atoms with Crippen LogP contribution in [-0.4, -0.2) is 6.61 Å². The number of hydrogen-bond acceptors (Lipinski definition) is 3. The van der Waals surface area contributed by atoms with Gasteiger partial charge in [-0.05, 0) is 25.1 Å². The van der Waals surface area contributed by atoms with Crippen molar-refractivity contribution in [1.29, 1.82) is 0 Å². The lowest BCUT2D eigenvalue weighted by atomic mass is 9.85. The molecule has 1 heterocycles. The van der Waals surface area contributed by atoms with Crippen LogP contribution in [0.15, 0.2) is 28.4 Å². The predicted octanol–water partition coefficient (Wildman–Crippen LogP) is 2.60. The second kappa shape index (κ2) is 4.44. The number of rotatable bonds is 4. The van der Waals surface area contributed by atoms with Gasteiger partial charge < -0.3 is 9.25 Å². The maximum Gasteiger partial charge on any atom is 0.126 e. The van der Waals surface area contributed by atoms with Crippen molar-refractivity contribution in [3.05, 3.63) is 29.7 Å². The van der Waals surface area contributed by atoms with Gasteiger partial charge >= 0.3 is 0 Å². The first-order valence-corrected chi connectivity index (χ1v) is 4.60. The zero-order valence-electron chi connectivity index (χ0n) is 8.91. The second-order valence-corrected chi connectivity index (χ2v) is 4.04. The molecule has 0 atom stereocenters. The van der Waals surface area contributed by atoms with Crippen LogP contribution in [0, 0.1) is 5.41 Å². The Balaban J connectivity index is 2.78. The van der Waals surface area contributed by atoms with Crippen LogP contribution in [0.1, 0.15) is 26.5 Å². The van der Waals surface area contributed by atoms with Crippen LogP contribution in [-0.2, 0) is 4.84 Å². The van der Waals surface area contributed by atoms with Gasteiger partial charge in [-0.25, -0.2) is 5.90 Å². The highest BCUT2D eigenvalue weighted by atomic mass is 16.6. The number of nitrogens with two attached hydrogens (primary N) is 1. The lowest BCUT2D eigenvalue weighted by Gasteiger charge is -2.23. The van der Waals surface area contributed by atoms with Crippen LogP contribution >= 0.6 is 0 Å². The highest BCUT2D eigenvalue weighted by Gasteiger charge is 2.20. The standard InChI is InChI=1S/C11H17NO2/c1-9(11(2,3)8-14-12)7-10-5-4-6-13-10/h4-7H,8,12H2,1-3H3/b9-7+. The van der Waals surface area contributed by atoms with Crippen LogP contribution in [0.3, 0.4) is 0 Å². The van der Waals surface area contributed by atoms with E-state index in [0.717, 1.165) is 5.76 Å². The topological polar surface area (TPSA) is 48.4 Å². The molecule has 0 saturated heterocycles. The monoisotopic (exact) mass is 195 g/mol. The Labute approximate surface area is 84.5 Å². The summed E-state index contributed by atoms with van der Waals surface area (Å²) < 4.78 is 5.23. The largest absolute Gasteiger partial charge is 0.465 e. The van der Waals surface area contributed by atoms with Gasteiger partial charge in [0.2, 0.25) is 0 Å². The third-order valence-electron chi connectivity index (χ3n) is 2.41. The van der Waals surface area contributed by atoms with Gasteiger partial charge in [-0.2, -0.15) is 0 Å². The Hall–Kier alpha value is -1.06. The van der Waals surface area contributed by atoms with Crippen LogP contribution in [0.25, 0.3) is 6.08 Å². The van der Waals surface area contributed by atoms with Crippen molar-refractivity contribution in [2.75, 3.05) is 6.61 Å². The average Bonchev–Trinajstić information content (AvgIpc) is 2.56. The highest BCUT2D eigenvalue weighted by molar-refractivity contribution is 5.48. The van der Waals surface area contributed by atoms with Gasteiger partial charge in [-0.3, -0.25) is 0 Å². The first-order valence-electron chi connectivity index (χ1n) is 4.60. The van der Waals surface area contributed by atoms with E-state index >= 15 is 0 Å². The molecule has 0 saturated carbocycles. The van der Waals surface area contributed by atoms with E-state index in [1.54, 1.807) is 6.26 Å². The Morgan fingerprint density at radius 1 is 1.64 bits per heavy atom.